The molecular weight excluding hydrogens is 244 g/mol. The van der Waals surface area contributed by atoms with E-state index < -0.39 is 12.0 Å². The first-order valence-corrected chi connectivity index (χ1v) is 6.23. The van der Waals surface area contributed by atoms with Crippen molar-refractivity contribution in [2.75, 3.05) is 0 Å². The van der Waals surface area contributed by atoms with Crippen LogP contribution in [0.3, 0.4) is 0 Å². The van der Waals surface area contributed by atoms with Gasteiger partial charge < -0.3 is 15.4 Å². The number of carboxylic acids is 1. The standard InChI is InChI=1S/C14H14N2O3/c15-11(14(18)19)10-7-9-4-1-3-8-5-2-6-16(12(8)9)13(10)17/h1,3-4,7,11H,2,5-6,15H2,(H,18,19)/t11-/m1/s1. The van der Waals surface area contributed by atoms with Gasteiger partial charge in [0.1, 0.15) is 6.04 Å². The molecule has 1 aliphatic rings. The Balaban J connectivity index is 2.37. The molecule has 5 heteroatoms. The van der Waals surface area contributed by atoms with Crippen LogP contribution in [0, 0.1) is 0 Å². The lowest BCUT2D eigenvalue weighted by atomic mass is 9.98. The highest BCUT2D eigenvalue weighted by atomic mass is 16.4. The Morgan fingerprint density at radius 1 is 1.42 bits per heavy atom. The fourth-order valence-corrected chi connectivity index (χ4v) is 2.74. The number of hydrogen-bond donors (Lipinski definition) is 2. The number of nitrogens with zero attached hydrogens (tertiary/aromatic N) is 1. The second-order valence-electron chi connectivity index (χ2n) is 4.83. The smallest absolute Gasteiger partial charge is 0.325 e. The minimum atomic E-state index is -1.27. The number of aliphatic carboxylic acids is 1. The zero-order valence-corrected chi connectivity index (χ0v) is 10.3. The number of rotatable bonds is 2. The van der Waals surface area contributed by atoms with Gasteiger partial charge in [-0.1, -0.05) is 18.2 Å². The van der Waals surface area contributed by atoms with E-state index in [1.54, 1.807) is 10.6 Å². The number of aryl methyl sites for hydroxylation is 2. The van der Waals surface area contributed by atoms with Gasteiger partial charge in [-0.05, 0) is 29.9 Å². The molecule has 0 bridgehead atoms. The van der Waals surface area contributed by atoms with E-state index in [1.807, 2.05) is 18.2 Å². The summed E-state index contributed by atoms with van der Waals surface area (Å²) < 4.78 is 1.66. The monoisotopic (exact) mass is 258 g/mol. The van der Waals surface area contributed by atoms with Gasteiger partial charge in [0.15, 0.2) is 0 Å². The van der Waals surface area contributed by atoms with Crippen LogP contribution in [0.2, 0.25) is 0 Å². The molecule has 0 aliphatic carbocycles. The lowest BCUT2D eigenvalue weighted by Gasteiger charge is -2.21. The molecule has 0 radical (unpaired) electrons. The second kappa shape index (κ2) is 4.20. The van der Waals surface area contributed by atoms with Crippen LogP contribution in [0.1, 0.15) is 23.6 Å². The van der Waals surface area contributed by atoms with Crippen molar-refractivity contribution in [3.63, 3.8) is 0 Å². The van der Waals surface area contributed by atoms with Crippen molar-refractivity contribution in [3.05, 3.63) is 45.7 Å². The van der Waals surface area contributed by atoms with E-state index in [9.17, 15) is 9.59 Å². The molecule has 3 N–H and O–H groups in total. The van der Waals surface area contributed by atoms with Crippen LogP contribution >= 0.6 is 0 Å². The lowest BCUT2D eigenvalue weighted by molar-refractivity contribution is -0.138. The summed E-state index contributed by atoms with van der Waals surface area (Å²) in [6.45, 7) is 0.618. The number of carbonyl (C=O) groups is 1. The second-order valence-corrected chi connectivity index (χ2v) is 4.83. The SMILES string of the molecule is N[C@@H](C(=O)O)c1cc2cccc3c2n(c1=O)CCC3. The molecule has 19 heavy (non-hydrogen) atoms. The van der Waals surface area contributed by atoms with Crippen molar-refractivity contribution in [2.24, 2.45) is 5.73 Å². The Morgan fingerprint density at radius 2 is 2.21 bits per heavy atom. The van der Waals surface area contributed by atoms with Gasteiger partial charge in [0.05, 0.1) is 5.52 Å². The van der Waals surface area contributed by atoms with E-state index in [4.69, 9.17) is 10.8 Å². The first-order chi connectivity index (χ1) is 9.09. The van der Waals surface area contributed by atoms with Crippen molar-refractivity contribution in [3.8, 4) is 0 Å². The number of carboxylic acid groups (broad SMARTS) is 1. The third-order valence-electron chi connectivity index (χ3n) is 3.65. The van der Waals surface area contributed by atoms with Crippen molar-refractivity contribution in [2.45, 2.75) is 25.4 Å². The predicted molar refractivity (Wildman–Crippen MR) is 71.1 cm³/mol. The van der Waals surface area contributed by atoms with Gasteiger partial charge in [-0.25, -0.2) is 0 Å². The molecule has 1 aromatic heterocycles. The molecule has 0 saturated carbocycles. The average molecular weight is 258 g/mol. The lowest BCUT2D eigenvalue weighted by Crippen LogP contribution is -2.33. The number of pyridine rings is 1. The van der Waals surface area contributed by atoms with Crippen LogP contribution in [0.5, 0.6) is 0 Å². The van der Waals surface area contributed by atoms with Gasteiger partial charge in [0.25, 0.3) is 5.56 Å². The molecule has 5 nitrogen and oxygen atoms in total. The molecule has 0 spiro atoms. The molecule has 1 atom stereocenters. The minimum absolute atomic E-state index is 0.152. The summed E-state index contributed by atoms with van der Waals surface area (Å²) >= 11 is 0. The Morgan fingerprint density at radius 3 is 2.95 bits per heavy atom. The summed E-state index contributed by atoms with van der Waals surface area (Å²) in [4.78, 5) is 23.4. The average Bonchev–Trinajstić information content (AvgIpc) is 2.42. The molecule has 0 saturated heterocycles. The molecule has 1 aromatic carbocycles. The minimum Gasteiger partial charge on any atom is -0.480 e. The maximum Gasteiger partial charge on any atom is 0.325 e. The number of para-hydroxylation sites is 1. The summed E-state index contributed by atoms with van der Waals surface area (Å²) in [5.74, 6) is -1.18. The summed E-state index contributed by atoms with van der Waals surface area (Å²) in [6.07, 6.45) is 1.83. The first-order valence-electron chi connectivity index (χ1n) is 6.23. The zero-order chi connectivity index (χ0) is 13.6. The topological polar surface area (TPSA) is 85.3 Å². The third-order valence-corrected chi connectivity index (χ3v) is 3.65. The maximum atomic E-state index is 12.4. The molecule has 2 heterocycles. The number of aromatic nitrogens is 1. The molecule has 0 fully saturated rings. The molecular formula is C14H14N2O3. The number of hydrogen-bond acceptors (Lipinski definition) is 3. The Kier molecular flexibility index (Phi) is 2.64. The van der Waals surface area contributed by atoms with Crippen LogP contribution in [0.25, 0.3) is 10.9 Å². The number of benzene rings is 1. The van der Waals surface area contributed by atoms with Crippen molar-refractivity contribution in [1.82, 2.24) is 4.57 Å². The fourth-order valence-electron chi connectivity index (χ4n) is 2.74. The van der Waals surface area contributed by atoms with Gasteiger partial charge in [0, 0.05) is 12.1 Å². The van der Waals surface area contributed by atoms with Crippen molar-refractivity contribution in [1.29, 1.82) is 0 Å². The van der Waals surface area contributed by atoms with Gasteiger partial charge in [0.2, 0.25) is 0 Å². The largest absolute Gasteiger partial charge is 0.480 e. The Labute approximate surface area is 109 Å². The van der Waals surface area contributed by atoms with Crippen LogP contribution in [0.15, 0.2) is 29.1 Å². The van der Waals surface area contributed by atoms with Crippen LogP contribution in [-0.2, 0) is 17.8 Å². The van der Waals surface area contributed by atoms with Crippen LogP contribution < -0.4 is 11.3 Å². The summed E-state index contributed by atoms with van der Waals surface area (Å²) in [7, 11) is 0. The highest BCUT2D eigenvalue weighted by Crippen LogP contribution is 2.25. The van der Waals surface area contributed by atoms with E-state index in [1.165, 1.54) is 0 Å². The van der Waals surface area contributed by atoms with Crippen molar-refractivity contribution < 1.29 is 9.90 Å². The molecule has 2 aromatic rings. The molecule has 3 rings (SSSR count). The van der Waals surface area contributed by atoms with Gasteiger partial charge in [-0.15, -0.1) is 0 Å². The maximum absolute atomic E-state index is 12.4. The molecule has 1 aliphatic heterocycles. The van der Waals surface area contributed by atoms with Crippen LogP contribution in [0.4, 0.5) is 0 Å². The first kappa shape index (κ1) is 11.9. The Hall–Kier alpha value is -2.14. The molecule has 0 unspecified atom stereocenters. The molecule has 98 valence electrons. The van der Waals surface area contributed by atoms with Gasteiger partial charge in [-0.3, -0.25) is 9.59 Å². The fraction of sp³-hybridized carbons (Fsp3) is 0.286. The van der Waals surface area contributed by atoms with E-state index in [0.29, 0.717) is 6.54 Å². The highest BCUT2D eigenvalue weighted by molar-refractivity contribution is 5.85. The molecule has 0 amide bonds. The van der Waals surface area contributed by atoms with E-state index >= 15 is 0 Å². The number of nitrogens with two attached hydrogens (primary N) is 1. The highest BCUT2D eigenvalue weighted by Gasteiger charge is 2.22. The van der Waals surface area contributed by atoms with E-state index in [2.05, 4.69) is 0 Å². The summed E-state index contributed by atoms with van der Waals surface area (Å²) in [6, 6.07) is 6.16. The van der Waals surface area contributed by atoms with Crippen LogP contribution in [-0.4, -0.2) is 15.6 Å². The predicted octanol–water partition coefficient (Wildman–Crippen LogP) is 1.03. The van der Waals surface area contributed by atoms with Gasteiger partial charge >= 0.3 is 5.97 Å². The summed E-state index contributed by atoms with van der Waals surface area (Å²) in [5.41, 5.74) is 7.52. The normalized spacial score (nSPS) is 15.4. The zero-order valence-electron chi connectivity index (χ0n) is 10.3. The van der Waals surface area contributed by atoms with Gasteiger partial charge in [-0.2, -0.15) is 0 Å². The van der Waals surface area contributed by atoms with E-state index in [0.717, 1.165) is 29.3 Å². The van der Waals surface area contributed by atoms with Crippen molar-refractivity contribution >= 4 is 16.9 Å². The summed E-state index contributed by atoms with van der Waals surface area (Å²) in [5, 5.41) is 9.87. The third kappa shape index (κ3) is 1.74. The Bertz CT molecular complexity index is 733. The quantitative estimate of drug-likeness (QED) is 0.842. The van der Waals surface area contributed by atoms with E-state index in [-0.39, 0.29) is 11.1 Å².